The second-order valence-corrected chi connectivity index (χ2v) is 32.6. The van der Waals surface area contributed by atoms with E-state index in [1.807, 2.05) is 0 Å². The van der Waals surface area contributed by atoms with E-state index >= 15 is 0 Å². The number of nitrogens with one attached hydrogen (secondary N) is 3. The van der Waals surface area contributed by atoms with Gasteiger partial charge in [-0.25, -0.2) is 18.5 Å². The maximum Gasteiger partial charge on any atom is 0.490 e. The van der Waals surface area contributed by atoms with Crippen LogP contribution >= 0.6 is 45.1 Å². The standard InChI is InChI=1S/C59H75N8O29P3S4/c1-5-33(58(76)77)28-44(69)43(29-49(72)73)64-56(74)42(18-13-26-100-101-27-24-35(68)15-9-8-14-34-31-67(59(78)65-55(34)60)48-30-45(70)46(93-48)32-92-98(82,83)96-99(84,85)95-97(79,80)81)63-47(71)19-12-25-66(4)57(75)37-17-11-10-16-36(37)50-38-20-22-40(61-6-2)53(102(86,87)88)51(38)94-52-39(50)21-23-41(62-7-3)54(52)103(89,90)91/h10-11,16-17,20-23,31,33,42-43,45-46,48,61,70H,5-7,9,12-13,15,18-19,24-30,32H2,1-4H3,(H,63,71)(H,64,74)(H,72,73)(H,76,77)(H,82,83)(H,84,85)(H2,60,65,78)(H2,79,80,81)(H,86,87,88)(H,89,90,91)/t33?,42?,43?,45?,46-,48-/m1/s1. The van der Waals surface area contributed by atoms with Crippen LogP contribution in [0.5, 0.6) is 0 Å². The van der Waals surface area contributed by atoms with E-state index in [4.69, 9.17) is 24.7 Å². The second kappa shape index (κ2) is 37.1. The van der Waals surface area contributed by atoms with Gasteiger partial charge < -0.3 is 70.6 Å². The summed E-state index contributed by atoms with van der Waals surface area (Å²) in [5.41, 5.74) is 4.38. The maximum absolute atomic E-state index is 14.6. The lowest BCUT2D eigenvalue weighted by molar-refractivity contribution is -0.144. The molecule has 8 atom stereocenters. The zero-order chi connectivity index (χ0) is 76.5. The number of hydrogen-bond acceptors (Lipinski definition) is 27. The molecule has 2 aliphatic heterocycles. The van der Waals surface area contributed by atoms with E-state index in [0.29, 0.717) is 11.5 Å². The van der Waals surface area contributed by atoms with Crippen molar-refractivity contribution < 1.29 is 130 Å². The van der Waals surface area contributed by atoms with Gasteiger partial charge in [-0.05, 0) is 75.4 Å². The number of fused-ring (bicyclic) bond motifs is 2. The summed E-state index contributed by atoms with van der Waals surface area (Å²) in [6.07, 6.45) is -5.13. The molecule has 14 N–H and O–H groups in total. The Labute approximate surface area is 595 Å². The van der Waals surface area contributed by atoms with Crippen LogP contribution in [0.15, 0.2) is 78.7 Å². The number of aromatic nitrogens is 2. The molecule has 1 fully saturated rings. The minimum Gasteiger partial charge on any atom is -0.481 e. The highest BCUT2D eigenvalue weighted by Crippen LogP contribution is 2.66. The molecule has 1 aromatic heterocycles. The number of nitrogens with two attached hydrogens (primary N) is 1. The Morgan fingerprint density at radius 1 is 0.854 bits per heavy atom. The highest BCUT2D eigenvalue weighted by molar-refractivity contribution is 8.76. The largest absolute Gasteiger partial charge is 0.490 e. The average Bonchev–Trinajstić information content (AvgIpc) is 1.18. The zero-order valence-electron chi connectivity index (χ0n) is 55.2. The summed E-state index contributed by atoms with van der Waals surface area (Å²) in [5, 5.41) is 37.4. The van der Waals surface area contributed by atoms with E-state index < -0.39 is 162 Å². The lowest BCUT2D eigenvalue weighted by atomic mass is 9.90. The van der Waals surface area contributed by atoms with Gasteiger partial charge in [0.15, 0.2) is 26.9 Å². The van der Waals surface area contributed by atoms with Gasteiger partial charge in [-0.3, -0.25) is 56.8 Å². The number of rotatable bonds is 39. The Bertz CT molecular complexity index is 4580. The number of carbonyl (C=O) groups is 7. The molecule has 3 amide bonds. The Balaban J connectivity index is 1.09. The Morgan fingerprint density at radius 3 is 2.18 bits per heavy atom. The number of ether oxygens (including phenoxy) is 1. The van der Waals surface area contributed by atoms with Gasteiger partial charge in [-0.2, -0.15) is 30.4 Å². The van der Waals surface area contributed by atoms with Gasteiger partial charge in [0, 0.05) is 105 Å². The number of amides is 3. The first-order chi connectivity index (χ1) is 48.2. The van der Waals surface area contributed by atoms with Gasteiger partial charge >= 0.3 is 41.1 Å². The quantitative estimate of drug-likeness (QED) is 0.00643. The van der Waals surface area contributed by atoms with E-state index in [2.05, 4.69) is 50.9 Å². The van der Waals surface area contributed by atoms with Crippen LogP contribution in [0.25, 0.3) is 33.4 Å². The van der Waals surface area contributed by atoms with Crippen LogP contribution in [0.2, 0.25) is 0 Å². The summed E-state index contributed by atoms with van der Waals surface area (Å²) in [5.74, 6) is -2.20. The van der Waals surface area contributed by atoms with Crippen LogP contribution in [0.3, 0.4) is 0 Å². The van der Waals surface area contributed by atoms with Crippen LogP contribution < -0.4 is 32.7 Å². The number of aliphatic hydroxyl groups excluding tert-OH is 1. The van der Waals surface area contributed by atoms with Gasteiger partial charge in [-0.1, -0.05) is 58.6 Å². The number of nitrogens with zero attached hydrogens (tertiary/aromatic N) is 4. The van der Waals surface area contributed by atoms with E-state index in [-0.39, 0.29) is 133 Å². The average molecular weight is 1580 g/mol. The fourth-order valence-electron chi connectivity index (χ4n) is 10.5. The lowest BCUT2D eigenvalue weighted by Crippen LogP contribution is -2.52. The molecule has 0 radical (unpaired) electrons. The molecule has 0 saturated carbocycles. The number of phosphoric acid groups is 3. The van der Waals surface area contributed by atoms with E-state index in [1.54, 1.807) is 19.9 Å². The summed E-state index contributed by atoms with van der Waals surface area (Å²) in [6.45, 7) is 3.81. The van der Waals surface area contributed by atoms with E-state index in [0.717, 1.165) is 10.8 Å². The molecule has 3 aliphatic rings. The van der Waals surface area contributed by atoms with Crippen molar-refractivity contribution in [3.8, 4) is 34.3 Å². The lowest BCUT2D eigenvalue weighted by Gasteiger charge is -2.24. The Kier molecular flexibility index (Phi) is 30.5. The molecule has 44 heteroatoms. The van der Waals surface area contributed by atoms with E-state index in [9.17, 15) is 103 Å². The molecule has 1 aliphatic carbocycles. The maximum atomic E-state index is 14.6. The number of carboxylic acids is 2. The molecule has 103 heavy (non-hydrogen) atoms. The van der Waals surface area contributed by atoms with Crippen molar-refractivity contribution in [3.63, 3.8) is 0 Å². The van der Waals surface area contributed by atoms with Crippen LogP contribution in [0.1, 0.15) is 114 Å². The first-order valence-electron chi connectivity index (χ1n) is 31.1. The van der Waals surface area contributed by atoms with Crippen molar-refractivity contribution in [1.82, 2.24) is 25.1 Å². The number of nitrogen functional groups attached to an aromatic ring is 1. The van der Waals surface area contributed by atoms with Crippen LogP contribution in [-0.4, -0.2) is 186 Å². The molecule has 37 nitrogen and oxygen atoms in total. The van der Waals surface area contributed by atoms with Crippen molar-refractivity contribution in [1.29, 1.82) is 0 Å². The van der Waals surface area contributed by atoms with Crippen LogP contribution in [0, 0.1) is 17.8 Å². The molecule has 2 aromatic carbocycles. The number of carbonyl (C=O) groups excluding carboxylic acids is 5. The van der Waals surface area contributed by atoms with Crippen molar-refractivity contribution in [2.24, 2.45) is 10.9 Å². The molecule has 6 unspecified atom stereocenters. The number of benzene rings is 3. The number of hydrogen-bond donors (Lipinski definition) is 13. The third-order valence-electron chi connectivity index (χ3n) is 15.2. The van der Waals surface area contributed by atoms with Gasteiger partial charge in [0.05, 0.1) is 47.7 Å². The number of ketones is 2. The number of carboxylic acid groups (broad SMARTS) is 2. The Hall–Kier alpha value is -7.29. The van der Waals surface area contributed by atoms with Gasteiger partial charge in [0.2, 0.25) is 11.8 Å². The summed E-state index contributed by atoms with van der Waals surface area (Å²) in [4.78, 5) is 149. The molecule has 1 saturated heterocycles. The first-order valence-corrected chi connectivity index (χ1v) is 41.0. The SMILES string of the molecule is CCN=c1ccc2c(-c3ccccc3C(=O)N(C)CCCC(=O)NC(CCCSSCCC(=O)CCC#Cc3cn([C@H]4CC(O)[C@@H](COP(=O)(O)OP(=O)(O)OP(=O)(O)O)O4)c(=O)nc3N)C(=O)NC(CC(=O)O)C(=O)CC(CC)C(=O)O)c3ccc(NCC)c(S(=O)(=O)O)c3oc-2c1S(=O)(=O)O. The molecule has 0 spiro atoms. The number of aliphatic carboxylic acids is 2. The second-order valence-electron chi connectivity index (χ2n) is 22.7. The van der Waals surface area contributed by atoms with Crippen LogP contribution in [-0.2, 0) is 80.6 Å². The van der Waals surface area contributed by atoms with E-state index in [1.165, 1.54) is 82.9 Å². The minimum absolute atomic E-state index is 0.00103. The fraction of sp³-hybridized carbons (Fsp3) is 0.458. The molecule has 564 valence electrons. The Morgan fingerprint density at radius 2 is 1.54 bits per heavy atom. The predicted octanol–water partition coefficient (Wildman–Crippen LogP) is 4.50. The number of Topliss-reactive ketones (excluding diaryl/α,β-unsaturated/α-hetero) is 2. The van der Waals surface area contributed by atoms with Crippen molar-refractivity contribution in [2.45, 2.75) is 132 Å². The van der Waals surface area contributed by atoms with Crippen molar-refractivity contribution in [2.75, 3.05) is 55.8 Å². The third kappa shape index (κ3) is 24.4. The fourth-order valence-corrected chi connectivity index (χ4v) is 17.2. The normalized spacial score (nSPS) is 17.1. The molecule has 3 aromatic rings. The number of phosphoric ester groups is 1. The van der Waals surface area contributed by atoms with Crippen LogP contribution in [0.4, 0.5) is 11.5 Å². The van der Waals surface area contributed by atoms with Crippen molar-refractivity contribution in [3.05, 3.63) is 81.7 Å². The predicted molar refractivity (Wildman–Crippen MR) is 369 cm³/mol. The highest BCUT2D eigenvalue weighted by Gasteiger charge is 2.44. The zero-order valence-corrected chi connectivity index (χ0v) is 61.2. The highest BCUT2D eigenvalue weighted by atomic mass is 33.1. The summed E-state index contributed by atoms with van der Waals surface area (Å²) >= 11 is 0. The number of aliphatic hydroxyl groups is 1. The van der Waals surface area contributed by atoms with Gasteiger partial charge in [0.25, 0.3) is 26.1 Å². The third-order valence-corrected chi connectivity index (χ3v) is 23.3. The summed E-state index contributed by atoms with van der Waals surface area (Å²) < 4.78 is 133. The topological polar surface area (TPSA) is 584 Å². The monoisotopic (exact) mass is 1580 g/mol. The smallest absolute Gasteiger partial charge is 0.481 e. The van der Waals surface area contributed by atoms with Gasteiger partial charge in [-0.15, -0.1) is 0 Å². The summed E-state index contributed by atoms with van der Waals surface area (Å²) in [7, 11) is -23.4. The molecule has 0 bridgehead atoms. The van der Waals surface area contributed by atoms with Gasteiger partial charge in [0.1, 0.15) is 30.0 Å². The number of anilines is 2. The molecule has 6 rings (SSSR count). The molecular formula is C59H75N8O29P3S4. The first kappa shape index (κ1) is 84.6. The molecule has 3 heterocycles. The minimum atomic E-state index is -5.84. The van der Waals surface area contributed by atoms with Crippen molar-refractivity contribution >= 4 is 129 Å². The molecular weight excluding hydrogens is 1510 g/mol. The summed E-state index contributed by atoms with van der Waals surface area (Å²) in [6, 6.07) is 8.38.